The van der Waals surface area contributed by atoms with Gasteiger partial charge < -0.3 is 20.1 Å². The number of esters is 1. The van der Waals surface area contributed by atoms with E-state index in [1.807, 2.05) is 20.8 Å². The molecule has 7 nitrogen and oxygen atoms in total. The van der Waals surface area contributed by atoms with Crippen molar-refractivity contribution in [1.82, 2.24) is 10.2 Å². The Morgan fingerprint density at radius 2 is 1.90 bits per heavy atom. The van der Waals surface area contributed by atoms with E-state index in [2.05, 4.69) is 10.1 Å². The fourth-order valence-electron chi connectivity index (χ4n) is 1.69. The third-order valence-corrected chi connectivity index (χ3v) is 2.81. The van der Waals surface area contributed by atoms with Crippen LogP contribution in [0.25, 0.3) is 0 Å². The molecule has 0 bridgehead atoms. The van der Waals surface area contributed by atoms with E-state index in [1.54, 1.807) is 4.90 Å². The molecule has 0 spiro atoms. The van der Waals surface area contributed by atoms with Crippen LogP contribution in [-0.2, 0) is 14.3 Å². The number of nitrogens with one attached hydrogen (secondary N) is 1. The normalized spacial score (nSPS) is 11.8. The lowest BCUT2D eigenvalue weighted by molar-refractivity contribution is -0.142. The van der Waals surface area contributed by atoms with E-state index in [4.69, 9.17) is 5.11 Å². The number of hydrogen-bond acceptors (Lipinski definition) is 4. The van der Waals surface area contributed by atoms with Crippen LogP contribution in [0.5, 0.6) is 0 Å². The van der Waals surface area contributed by atoms with Crippen LogP contribution in [0.2, 0.25) is 0 Å². The lowest BCUT2D eigenvalue weighted by Gasteiger charge is -2.28. The Morgan fingerprint density at radius 3 is 2.30 bits per heavy atom. The minimum atomic E-state index is -1.16. The number of rotatable bonds is 8. The van der Waals surface area contributed by atoms with Crippen molar-refractivity contribution >= 4 is 18.0 Å². The average Bonchev–Trinajstić information content (AvgIpc) is 2.39. The highest BCUT2D eigenvalue weighted by Crippen LogP contribution is 2.04. The molecule has 0 radical (unpaired) electrons. The Hall–Kier alpha value is -1.79. The Morgan fingerprint density at radius 1 is 1.30 bits per heavy atom. The van der Waals surface area contributed by atoms with Crippen LogP contribution in [0.1, 0.15) is 40.0 Å². The van der Waals surface area contributed by atoms with Gasteiger partial charge >= 0.3 is 18.0 Å². The molecule has 7 heteroatoms. The number of carbonyl (C=O) groups is 3. The highest BCUT2D eigenvalue weighted by atomic mass is 16.5. The Labute approximate surface area is 119 Å². The third-order valence-electron chi connectivity index (χ3n) is 2.81. The van der Waals surface area contributed by atoms with Gasteiger partial charge in [0.15, 0.2) is 0 Å². The number of aliphatic carboxylic acids is 1. The number of methoxy groups -OCH3 is 1. The zero-order chi connectivity index (χ0) is 15.7. The first-order chi connectivity index (χ1) is 9.33. The second-order valence-electron chi connectivity index (χ2n) is 4.74. The highest BCUT2D eigenvalue weighted by molar-refractivity contribution is 5.83. The van der Waals surface area contributed by atoms with Crippen molar-refractivity contribution in [2.75, 3.05) is 13.7 Å². The number of nitrogens with zero attached hydrogens (tertiary/aromatic N) is 1. The fraction of sp³-hybridized carbons (Fsp3) is 0.769. The summed E-state index contributed by atoms with van der Waals surface area (Å²) in [4.78, 5) is 35.7. The van der Waals surface area contributed by atoms with E-state index in [-0.39, 0.29) is 18.9 Å². The van der Waals surface area contributed by atoms with Crippen molar-refractivity contribution in [3.8, 4) is 0 Å². The van der Waals surface area contributed by atoms with Crippen LogP contribution < -0.4 is 5.32 Å². The Balaban J connectivity index is 4.60. The number of amides is 2. The van der Waals surface area contributed by atoms with Crippen molar-refractivity contribution in [2.45, 2.75) is 52.1 Å². The first-order valence-electron chi connectivity index (χ1n) is 6.70. The molecule has 0 aromatic carbocycles. The van der Waals surface area contributed by atoms with Crippen molar-refractivity contribution < 1.29 is 24.2 Å². The summed E-state index contributed by atoms with van der Waals surface area (Å²) in [6.45, 7) is 6.21. The summed E-state index contributed by atoms with van der Waals surface area (Å²) in [7, 11) is 1.23. The number of carbonyl (C=O) groups excluding carboxylic acids is 2. The van der Waals surface area contributed by atoms with Gasteiger partial charge in [-0.2, -0.15) is 0 Å². The molecule has 2 N–H and O–H groups in total. The molecule has 0 heterocycles. The fourth-order valence-corrected chi connectivity index (χ4v) is 1.69. The van der Waals surface area contributed by atoms with E-state index in [1.165, 1.54) is 7.11 Å². The molecule has 0 unspecified atom stereocenters. The van der Waals surface area contributed by atoms with Crippen molar-refractivity contribution in [3.05, 3.63) is 0 Å². The summed E-state index contributed by atoms with van der Waals surface area (Å²) >= 11 is 0. The Bertz CT molecular complexity index is 344. The van der Waals surface area contributed by atoms with Gasteiger partial charge in [0, 0.05) is 19.0 Å². The predicted molar refractivity (Wildman–Crippen MR) is 73.3 cm³/mol. The second kappa shape index (κ2) is 9.17. The number of ether oxygens (including phenoxy) is 1. The molecule has 0 fully saturated rings. The smallest absolute Gasteiger partial charge is 0.326 e. The first-order valence-corrected chi connectivity index (χ1v) is 6.70. The number of carboxylic acids is 1. The molecule has 0 aromatic heterocycles. The van der Waals surface area contributed by atoms with Gasteiger partial charge in [0.25, 0.3) is 0 Å². The van der Waals surface area contributed by atoms with Crippen molar-refractivity contribution in [1.29, 1.82) is 0 Å². The molecule has 0 rings (SSSR count). The maximum absolute atomic E-state index is 12.0. The second-order valence-corrected chi connectivity index (χ2v) is 4.74. The van der Waals surface area contributed by atoms with Gasteiger partial charge in [-0.05, 0) is 26.7 Å². The minimum Gasteiger partial charge on any atom is -0.480 e. The largest absolute Gasteiger partial charge is 0.480 e. The van der Waals surface area contributed by atoms with Crippen LogP contribution >= 0.6 is 0 Å². The zero-order valence-corrected chi connectivity index (χ0v) is 12.5. The molecule has 0 saturated heterocycles. The van der Waals surface area contributed by atoms with E-state index in [0.717, 1.165) is 6.42 Å². The molecule has 0 saturated carbocycles. The van der Waals surface area contributed by atoms with Crippen molar-refractivity contribution in [3.63, 3.8) is 0 Å². The topological polar surface area (TPSA) is 95.9 Å². The van der Waals surface area contributed by atoms with E-state index in [9.17, 15) is 14.4 Å². The molecule has 0 aliphatic carbocycles. The zero-order valence-electron chi connectivity index (χ0n) is 12.5. The maximum atomic E-state index is 12.0. The standard InChI is InChI=1S/C13H24N2O5/c1-5-8-15(9(2)3)13(19)14-10(12(17)18)6-7-11(16)20-4/h9-10H,5-8H2,1-4H3,(H,14,19)(H,17,18)/t10-/m0/s1. The van der Waals surface area contributed by atoms with Crippen LogP contribution in [0, 0.1) is 0 Å². The van der Waals surface area contributed by atoms with Gasteiger partial charge in [-0.3, -0.25) is 4.79 Å². The van der Waals surface area contributed by atoms with Gasteiger partial charge in [-0.25, -0.2) is 9.59 Å². The molecular formula is C13H24N2O5. The van der Waals surface area contributed by atoms with Gasteiger partial charge in [0.05, 0.1) is 7.11 Å². The number of urea groups is 1. The molecule has 116 valence electrons. The maximum Gasteiger partial charge on any atom is 0.326 e. The average molecular weight is 288 g/mol. The summed E-state index contributed by atoms with van der Waals surface area (Å²) in [5.41, 5.74) is 0. The molecule has 1 atom stereocenters. The summed E-state index contributed by atoms with van der Waals surface area (Å²) in [5.74, 6) is -1.66. The molecule has 20 heavy (non-hydrogen) atoms. The van der Waals surface area contributed by atoms with Crippen LogP contribution in [0.3, 0.4) is 0 Å². The SMILES string of the molecule is CCCN(C(=O)N[C@@H](CCC(=O)OC)C(=O)O)C(C)C. The van der Waals surface area contributed by atoms with Crippen LogP contribution in [0.4, 0.5) is 4.79 Å². The van der Waals surface area contributed by atoms with E-state index in [0.29, 0.717) is 6.54 Å². The quantitative estimate of drug-likeness (QED) is 0.655. The lowest BCUT2D eigenvalue weighted by atomic mass is 10.1. The lowest BCUT2D eigenvalue weighted by Crippen LogP contribution is -2.50. The van der Waals surface area contributed by atoms with Gasteiger partial charge in [0.2, 0.25) is 0 Å². The molecule has 0 aromatic rings. The summed E-state index contributed by atoms with van der Waals surface area (Å²) in [6, 6.07) is -1.55. The molecule has 0 aliphatic rings. The minimum absolute atomic E-state index is 0.00576. The van der Waals surface area contributed by atoms with Gasteiger partial charge in [-0.1, -0.05) is 6.92 Å². The van der Waals surface area contributed by atoms with E-state index >= 15 is 0 Å². The molecule has 2 amide bonds. The van der Waals surface area contributed by atoms with Crippen LogP contribution in [0.15, 0.2) is 0 Å². The monoisotopic (exact) mass is 288 g/mol. The summed E-state index contributed by atoms with van der Waals surface area (Å²) in [5, 5.41) is 11.5. The molecule has 0 aliphatic heterocycles. The summed E-state index contributed by atoms with van der Waals surface area (Å²) in [6.07, 6.45) is 0.737. The number of carboxylic acid groups (broad SMARTS) is 1. The summed E-state index contributed by atoms with van der Waals surface area (Å²) < 4.78 is 4.45. The predicted octanol–water partition coefficient (Wildman–Crippen LogP) is 1.22. The first kappa shape index (κ1) is 18.2. The number of hydrogen-bond donors (Lipinski definition) is 2. The van der Waals surface area contributed by atoms with Crippen molar-refractivity contribution in [2.24, 2.45) is 0 Å². The van der Waals surface area contributed by atoms with E-state index < -0.39 is 24.0 Å². The third kappa shape index (κ3) is 6.40. The van der Waals surface area contributed by atoms with Crippen LogP contribution in [-0.4, -0.2) is 53.7 Å². The highest BCUT2D eigenvalue weighted by Gasteiger charge is 2.24. The molecular weight excluding hydrogens is 264 g/mol. The Kier molecular flexibility index (Phi) is 8.35. The van der Waals surface area contributed by atoms with Gasteiger partial charge in [-0.15, -0.1) is 0 Å². The van der Waals surface area contributed by atoms with Gasteiger partial charge in [0.1, 0.15) is 6.04 Å².